The third kappa shape index (κ3) is 6.94. The van der Waals surface area contributed by atoms with Gasteiger partial charge in [0.05, 0.1) is 6.42 Å². The Hall–Kier alpha value is -1.10. The zero-order valence-electron chi connectivity index (χ0n) is 11.0. The highest BCUT2D eigenvalue weighted by Gasteiger charge is 2.26. The van der Waals surface area contributed by atoms with Crippen LogP contribution in [0.3, 0.4) is 0 Å². The smallest absolute Gasteiger partial charge is 0.305 e. The van der Waals surface area contributed by atoms with Crippen LogP contribution >= 0.6 is 0 Å². The van der Waals surface area contributed by atoms with E-state index in [4.69, 9.17) is 10.8 Å². The fraction of sp³-hybridized carbons (Fsp3) is 0.833. The third-order valence-corrected chi connectivity index (χ3v) is 2.50. The number of carboxylic acid groups (broad SMARTS) is 1. The van der Waals surface area contributed by atoms with Crippen LogP contribution in [-0.2, 0) is 9.59 Å². The molecule has 0 bridgehead atoms. The molecule has 0 atom stereocenters. The Morgan fingerprint density at radius 2 is 1.76 bits per heavy atom. The lowest BCUT2D eigenvalue weighted by Gasteiger charge is -2.35. The topological polar surface area (TPSA) is 83.6 Å². The summed E-state index contributed by atoms with van der Waals surface area (Å²) in [7, 11) is 0. The molecular weight excluding hydrogens is 220 g/mol. The monoisotopic (exact) mass is 244 g/mol. The highest BCUT2D eigenvalue weighted by molar-refractivity contribution is 5.77. The first-order chi connectivity index (χ1) is 7.79. The summed E-state index contributed by atoms with van der Waals surface area (Å²) in [6, 6.07) is 0. The predicted octanol–water partition coefficient (Wildman–Crippen LogP) is 1.22. The zero-order chi connectivity index (χ0) is 13.5. The summed E-state index contributed by atoms with van der Waals surface area (Å²) in [5.74, 6) is -0.874. The maximum Gasteiger partial charge on any atom is 0.305 e. The molecular formula is C12H24N2O3. The van der Waals surface area contributed by atoms with Crippen molar-refractivity contribution in [2.75, 3.05) is 13.1 Å². The minimum Gasteiger partial charge on any atom is -0.481 e. The van der Waals surface area contributed by atoms with Crippen LogP contribution in [0.4, 0.5) is 0 Å². The summed E-state index contributed by atoms with van der Waals surface area (Å²) >= 11 is 0. The van der Waals surface area contributed by atoms with E-state index in [1.54, 1.807) is 4.90 Å². The molecule has 17 heavy (non-hydrogen) atoms. The maximum absolute atomic E-state index is 12.0. The van der Waals surface area contributed by atoms with Gasteiger partial charge in [-0.1, -0.05) is 0 Å². The number of aliphatic carboxylic acids is 1. The molecule has 0 saturated carbocycles. The van der Waals surface area contributed by atoms with Gasteiger partial charge < -0.3 is 15.7 Å². The van der Waals surface area contributed by atoms with Crippen molar-refractivity contribution < 1.29 is 14.7 Å². The first-order valence-corrected chi connectivity index (χ1v) is 6.01. The van der Waals surface area contributed by atoms with Gasteiger partial charge in [0.15, 0.2) is 0 Å². The first kappa shape index (κ1) is 15.9. The number of hydrogen-bond acceptors (Lipinski definition) is 3. The van der Waals surface area contributed by atoms with E-state index in [1.807, 2.05) is 20.8 Å². The van der Waals surface area contributed by atoms with Gasteiger partial charge in [0.25, 0.3) is 0 Å². The van der Waals surface area contributed by atoms with Crippen LogP contribution in [0, 0.1) is 0 Å². The average molecular weight is 244 g/mol. The number of carboxylic acids is 1. The van der Waals surface area contributed by atoms with Gasteiger partial charge in [-0.25, -0.2) is 0 Å². The molecule has 0 spiro atoms. The molecule has 0 aromatic carbocycles. The molecule has 0 heterocycles. The Balaban J connectivity index is 4.36. The van der Waals surface area contributed by atoms with E-state index in [0.29, 0.717) is 13.0 Å². The van der Waals surface area contributed by atoms with E-state index in [2.05, 4.69) is 0 Å². The molecule has 3 N–H and O–H groups in total. The summed E-state index contributed by atoms with van der Waals surface area (Å²) < 4.78 is 0. The minimum atomic E-state index is -0.881. The molecule has 1 amide bonds. The summed E-state index contributed by atoms with van der Waals surface area (Å²) in [4.78, 5) is 24.2. The van der Waals surface area contributed by atoms with E-state index < -0.39 is 5.97 Å². The van der Waals surface area contributed by atoms with E-state index in [9.17, 15) is 9.59 Å². The average Bonchev–Trinajstić information content (AvgIpc) is 2.15. The zero-order valence-corrected chi connectivity index (χ0v) is 11.0. The van der Waals surface area contributed by atoms with Gasteiger partial charge in [0.1, 0.15) is 0 Å². The van der Waals surface area contributed by atoms with Gasteiger partial charge in [-0.15, -0.1) is 0 Å². The number of nitrogens with two attached hydrogens (primary N) is 1. The number of carbonyl (C=O) groups is 2. The van der Waals surface area contributed by atoms with Gasteiger partial charge in [0.2, 0.25) is 5.91 Å². The quantitative estimate of drug-likeness (QED) is 0.659. The number of unbranched alkanes of at least 4 members (excludes halogenated alkanes) is 1. The van der Waals surface area contributed by atoms with Crippen LogP contribution in [0.5, 0.6) is 0 Å². The largest absolute Gasteiger partial charge is 0.481 e. The van der Waals surface area contributed by atoms with E-state index in [1.165, 1.54) is 0 Å². The normalized spacial score (nSPS) is 11.3. The van der Waals surface area contributed by atoms with Crippen molar-refractivity contribution in [2.24, 2.45) is 5.73 Å². The van der Waals surface area contributed by atoms with Gasteiger partial charge >= 0.3 is 5.97 Å². The number of amides is 1. The second kappa shape index (κ2) is 7.27. The van der Waals surface area contributed by atoms with Crippen LogP contribution in [0.25, 0.3) is 0 Å². The summed E-state index contributed by atoms with van der Waals surface area (Å²) in [6.07, 6.45) is 2.01. The predicted molar refractivity (Wildman–Crippen MR) is 66.6 cm³/mol. The van der Waals surface area contributed by atoms with Crippen LogP contribution in [0.2, 0.25) is 0 Å². The van der Waals surface area contributed by atoms with Gasteiger partial charge in [-0.3, -0.25) is 9.59 Å². The number of hydrogen-bond donors (Lipinski definition) is 2. The highest BCUT2D eigenvalue weighted by atomic mass is 16.4. The van der Waals surface area contributed by atoms with E-state index >= 15 is 0 Å². The molecule has 5 heteroatoms. The van der Waals surface area contributed by atoms with Crippen LogP contribution in [0.15, 0.2) is 0 Å². The Bertz CT molecular complexity index is 259. The fourth-order valence-corrected chi connectivity index (χ4v) is 1.60. The van der Waals surface area contributed by atoms with Crippen molar-refractivity contribution in [2.45, 2.75) is 52.0 Å². The minimum absolute atomic E-state index is 0.00667. The lowest BCUT2D eigenvalue weighted by atomic mass is 10.0. The van der Waals surface area contributed by atoms with Crippen LogP contribution in [0.1, 0.15) is 46.5 Å². The van der Waals surface area contributed by atoms with Crippen molar-refractivity contribution in [3.05, 3.63) is 0 Å². The molecule has 0 aromatic heterocycles. The standard InChI is InChI=1S/C12H24N2O3/c1-12(2,3)14(9-7-11(16)17)10(15)6-4-5-8-13/h4-9,13H2,1-3H3,(H,16,17). The Kier molecular flexibility index (Phi) is 6.80. The van der Waals surface area contributed by atoms with Crippen molar-refractivity contribution in [3.63, 3.8) is 0 Å². The SMILES string of the molecule is CC(C)(C)N(CCC(=O)O)C(=O)CCCCN. The molecule has 0 aliphatic carbocycles. The Morgan fingerprint density at radius 3 is 2.18 bits per heavy atom. The molecule has 0 aliphatic rings. The number of rotatable bonds is 7. The first-order valence-electron chi connectivity index (χ1n) is 6.01. The molecule has 0 aliphatic heterocycles. The molecule has 0 unspecified atom stereocenters. The number of carbonyl (C=O) groups excluding carboxylic acids is 1. The summed E-state index contributed by atoms with van der Waals surface area (Å²) in [5, 5.41) is 8.67. The molecule has 0 radical (unpaired) electrons. The molecule has 100 valence electrons. The summed E-state index contributed by atoms with van der Waals surface area (Å²) in [6.45, 7) is 6.58. The van der Waals surface area contributed by atoms with Crippen LogP contribution < -0.4 is 5.73 Å². The van der Waals surface area contributed by atoms with Crippen molar-refractivity contribution >= 4 is 11.9 Å². The molecule has 0 rings (SSSR count). The molecule has 0 fully saturated rings. The molecule has 0 saturated heterocycles. The van der Waals surface area contributed by atoms with Crippen molar-refractivity contribution in [3.8, 4) is 0 Å². The summed E-state index contributed by atoms with van der Waals surface area (Å²) in [5.41, 5.74) is 5.03. The van der Waals surface area contributed by atoms with Gasteiger partial charge in [0, 0.05) is 18.5 Å². The Labute approximate surface area is 103 Å². The van der Waals surface area contributed by atoms with E-state index in [0.717, 1.165) is 12.8 Å². The van der Waals surface area contributed by atoms with Gasteiger partial charge in [-0.05, 0) is 40.2 Å². The lowest BCUT2D eigenvalue weighted by Crippen LogP contribution is -2.46. The highest BCUT2D eigenvalue weighted by Crippen LogP contribution is 2.16. The fourth-order valence-electron chi connectivity index (χ4n) is 1.60. The second-order valence-electron chi connectivity index (χ2n) is 5.11. The van der Waals surface area contributed by atoms with E-state index in [-0.39, 0.29) is 24.4 Å². The van der Waals surface area contributed by atoms with Crippen LogP contribution in [-0.4, -0.2) is 40.5 Å². The molecule has 0 aromatic rings. The maximum atomic E-state index is 12.0. The Morgan fingerprint density at radius 1 is 1.18 bits per heavy atom. The molecule has 5 nitrogen and oxygen atoms in total. The second-order valence-corrected chi connectivity index (χ2v) is 5.11. The van der Waals surface area contributed by atoms with Crippen molar-refractivity contribution in [1.29, 1.82) is 0 Å². The third-order valence-electron chi connectivity index (χ3n) is 2.50. The van der Waals surface area contributed by atoms with Crippen molar-refractivity contribution in [1.82, 2.24) is 4.90 Å². The lowest BCUT2D eigenvalue weighted by molar-refractivity contribution is -0.140. The number of nitrogens with zero attached hydrogens (tertiary/aromatic N) is 1. The van der Waals surface area contributed by atoms with Gasteiger partial charge in [-0.2, -0.15) is 0 Å².